The highest BCUT2D eigenvalue weighted by Crippen LogP contribution is 2.46. The van der Waals surface area contributed by atoms with Gasteiger partial charge >= 0.3 is 11.7 Å². The van der Waals surface area contributed by atoms with E-state index in [4.69, 9.17) is 9.47 Å². The van der Waals surface area contributed by atoms with Crippen LogP contribution in [0.4, 0.5) is 21.6 Å². The Bertz CT molecular complexity index is 2450. The van der Waals surface area contributed by atoms with Crippen molar-refractivity contribution in [1.29, 1.82) is 0 Å². The molecule has 0 bridgehead atoms. The third-order valence-electron chi connectivity index (χ3n) is 11.5. The highest BCUT2D eigenvalue weighted by atomic mass is 32.2. The van der Waals surface area contributed by atoms with Crippen molar-refractivity contribution in [2.24, 2.45) is 10.9 Å². The molecule has 5 aliphatic rings. The summed E-state index contributed by atoms with van der Waals surface area (Å²) in [6, 6.07) is 8.40. The number of aryl methyl sites for hydroxylation is 1. The number of rotatable bonds is 9. The van der Waals surface area contributed by atoms with Gasteiger partial charge in [-0.2, -0.15) is 4.98 Å². The molecule has 56 heavy (non-hydrogen) atoms. The summed E-state index contributed by atoms with van der Waals surface area (Å²) in [5, 5.41) is 19.1. The summed E-state index contributed by atoms with van der Waals surface area (Å²) in [5.41, 5.74) is 0.925. The number of aliphatic imine (C=N–C) groups is 1. The van der Waals surface area contributed by atoms with Gasteiger partial charge in [-0.05, 0) is 62.8 Å². The Hall–Kier alpha value is -5.10. The van der Waals surface area contributed by atoms with Crippen molar-refractivity contribution in [1.82, 2.24) is 19.0 Å². The van der Waals surface area contributed by atoms with Crippen molar-refractivity contribution in [2.45, 2.75) is 56.4 Å². The maximum atomic E-state index is 16.3. The Morgan fingerprint density at radius 1 is 1.12 bits per heavy atom. The fraction of sp³-hybridized carbons (Fsp3) is 0.436. The number of halogens is 1. The van der Waals surface area contributed by atoms with E-state index in [9.17, 15) is 29.4 Å². The molecule has 15 nitrogen and oxygen atoms in total. The summed E-state index contributed by atoms with van der Waals surface area (Å²) < 4.78 is 31.0. The van der Waals surface area contributed by atoms with Gasteiger partial charge in [0.15, 0.2) is 17.4 Å². The van der Waals surface area contributed by atoms with E-state index >= 15 is 4.39 Å². The number of hydrogen-bond donors (Lipinski definition) is 2. The van der Waals surface area contributed by atoms with Gasteiger partial charge in [0.25, 0.3) is 5.91 Å². The Labute approximate surface area is 324 Å². The molecule has 9 rings (SSSR count). The number of carboxylic acid groups (broad SMARTS) is 1. The average molecular weight is 786 g/mol. The minimum Gasteiger partial charge on any atom is -0.492 e. The minimum absolute atomic E-state index is 0.0132. The molecule has 4 aliphatic heterocycles. The molecule has 17 heteroatoms. The quantitative estimate of drug-likeness (QED) is 0.253. The van der Waals surface area contributed by atoms with Crippen LogP contribution in [-0.4, -0.2) is 104 Å². The fourth-order valence-electron chi connectivity index (χ4n) is 8.70. The molecular weight excluding hydrogens is 746 g/mol. The summed E-state index contributed by atoms with van der Waals surface area (Å²) in [7, 11) is 1.44. The lowest BCUT2D eigenvalue weighted by molar-refractivity contribution is -0.112. The van der Waals surface area contributed by atoms with Crippen LogP contribution in [0.5, 0.6) is 5.75 Å². The largest absolute Gasteiger partial charge is 0.492 e. The first-order valence-corrected chi connectivity index (χ1v) is 19.8. The number of carboxylic acids is 1. The summed E-state index contributed by atoms with van der Waals surface area (Å²) in [6.07, 6.45) is 5.72. The smallest absolute Gasteiger partial charge is 0.351 e. The van der Waals surface area contributed by atoms with Crippen LogP contribution in [0.2, 0.25) is 0 Å². The van der Waals surface area contributed by atoms with E-state index in [-0.39, 0.29) is 65.5 Å². The molecular formula is C39H40FN7O8S. The number of pyridine rings is 1. The maximum Gasteiger partial charge on any atom is 0.351 e. The van der Waals surface area contributed by atoms with Crippen LogP contribution in [0.25, 0.3) is 10.9 Å². The third-order valence-corrected chi connectivity index (χ3v) is 12.6. The Kier molecular flexibility index (Phi) is 9.22. The number of thioether (sulfide) groups is 1. The van der Waals surface area contributed by atoms with Gasteiger partial charge in [0, 0.05) is 55.4 Å². The maximum absolute atomic E-state index is 16.3. The van der Waals surface area contributed by atoms with Crippen molar-refractivity contribution in [3.05, 3.63) is 85.9 Å². The van der Waals surface area contributed by atoms with Gasteiger partial charge in [0.2, 0.25) is 5.43 Å². The first-order chi connectivity index (χ1) is 27.0. The van der Waals surface area contributed by atoms with Crippen LogP contribution in [0.3, 0.4) is 0 Å². The highest BCUT2D eigenvalue weighted by Gasteiger charge is 2.44. The molecule has 4 fully saturated rings. The Balaban J connectivity index is 1.01. The monoisotopic (exact) mass is 785 g/mol. The second-order valence-electron chi connectivity index (χ2n) is 15.0. The standard InChI is InChI=1S/C39H40FN7O8S/c1-20-5-8-27-23(12-20)32(41-29-9-11-45(39(53)42-29)30-18-56-31(17-48)55-30)37(50)47(27)19-43-10-3-4-21-14-44(16-28(21)43)34-26(40)13-24-33(36(34)54-2)46(22-6-7-22)15-25(35(24)49)38(51)52/h5,8-9,11-13,15,21-22,28,30-31,48H,3-4,6-7,10,14,16-19H2,1-2H3,(H,51,52)/b41-32-/t21-,28+,30-,31+/m0/s1. The normalized spacial score (nSPS) is 24.4. The number of likely N-dealkylation sites (tertiary alicyclic amines) is 1. The summed E-state index contributed by atoms with van der Waals surface area (Å²) in [5.74, 6) is -1.41. The number of aliphatic hydroxyl groups excluding tert-OH is 1. The van der Waals surface area contributed by atoms with Gasteiger partial charge in [0.1, 0.15) is 28.6 Å². The van der Waals surface area contributed by atoms with E-state index in [1.54, 1.807) is 21.7 Å². The number of hydrogen-bond acceptors (Lipinski definition) is 12. The number of methoxy groups -OCH3 is 1. The zero-order valence-corrected chi connectivity index (χ0v) is 31.6. The van der Waals surface area contributed by atoms with Crippen molar-refractivity contribution in [3.8, 4) is 5.75 Å². The SMILES string of the molecule is COc1c(N2C[C@@H]3CCCN(CN4C(=O)/C(=N\c5ccn([C@@H]6CS[C@H](CO)O6)c(=O)n5)c5cc(C)ccc54)[C@@H]3C2)c(F)cc2c(=O)c(C(=O)O)cn(C3CC3)c12. The van der Waals surface area contributed by atoms with Crippen molar-refractivity contribution in [3.63, 3.8) is 0 Å². The molecule has 6 heterocycles. The number of fused-ring (bicyclic) bond motifs is 3. The lowest BCUT2D eigenvalue weighted by atomic mass is 9.92. The molecule has 1 amide bonds. The lowest BCUT2D eigenvalue weighted by Gasteiger charge is -2.39. The second-order valence-corrected chi connectivity index (χ2v) is 16.2. The van der Waals surface area contributed by atoms with Gasteiger partial charge in [-0.3, -0.25) is 24.0 Å². The minimum atomic E-state index is -1.36. The molecule has 1 saturated carbocycles. The molecule has 2 N–H and O–H groups in total. The second kappa shape index (κ2) is 14.1. The summed E-state index contributed by atoms with van der Waals surface area (Å²) >= 11 is 1.41. The van der Waals surface area contributed by atoms with Crippen LogP contribution in [-0.2, 0) is 9.53 Å². The molecule has 292 valence electrons. The van der Waals surface area contributed by atoms with E-state index in [0.717, 1.165) is 37.3 Å². The van der Waals surface area contributed by atoms with Gasteiger partial charge in [-0.25, -0.2) is 19.0 Å². The van der Waals surface area contributed by atoms with E-state index in [1.807, 2.05) is 30.0 Å². The van der Waals surface area contributed by atoms with E-state index < -0.39 is 40.1 Å². The van der Waals surface area contributed by atoms with Crippen LogP contribution < -0.4 is 25.7 Å². The number of carbonyl (C=O) groups is 2. The number of ether oxygens (including phenoxy) is 2. The first kappa shape index (κ1) is 36.5. The Morgan fingerprint density at radius 3 is 2.66 bits per heavy atom. The molecule has 0 unspecified atom stereocenters. The summed E-state index contributed by atoms with van der Waals surface area (Å²) in [6.45, 7) is 3.71. The number of piperidine rings is 1. The highest BCUT2D eigenvalue weighted by molar-refractivity contribution is 8.00. The zero-order valence-electron chi connectivity index (χ0n) is 30.8. The van der Waals surface area contributed by atoms with Crippen molar-refractivity contribution >= 4 is 57.4 Å². The number of benzene rings is 2. The van der Waals surface area contributed by atoms with Crippen LogP contribution in [0, 0.1) is 18.7 Å². The molecule has 0 spiro atoms. The number of aliphatic hydroxyl groups is 1. The predicted molar refractivity (Wildman–Crippen MR) is 207 cm³/mol. The van der Waals surface area contributed by atoms with Crippen molar-refractivity contribution < 1.29 is 33.7 Å². The van der Waals surface area contributed by atoms with Crippen molar-refractivity contribution in [2.75, 3.05) is 55.6 Å². The Morgan fingerprint density at radius 2 is 1.95 bits per heavy atom. The van der Waals surface area contributed by atoms with Crippen LogP contribution in [0.15, 0.2) is 57.3 Å². The number of nitrogens with zero attached hydrogens (tertiary/aromatic N) is 7. The summed E-state index contributed by atoms with van der Waals surface area (Å²) in [4.78, 5) is 67.2. The van der Waals surface area contributed by atoms with Crippen LogP contribution >= 0.6 is 11.8 Å². The number of anilines is 2. The van der Waals surface area contributed by atoms with E-state index in [0.29, 0.717) is 42.2 Å². The molecule has 4 aromatic rings. The average Bonchev–Trinajstić information content (AvgIpc) is 3.65. The van der Waals surface area contributed by atoms with E-state index in [1.165, 1.54) is 29.6 Å². The van der Waals surface area contributed by atoms with Gasteiger partial charge in [-0.1, -0.05) is 11.6 Å². The van der Waals surface area contributed by atoms with Gasteiger partial charge in [0.05, 0.1) is 37.0 Å². The topological polar surface area (TPSA) is 172 Å². The van der Waals surface area contributed by atoms with Gasteiger partial charge in [-0.15, -0.1) is 11.8 Å². The molecule has 2 aromatic heterocycles. The number of carbonyl (C=O) groups excluding carboxylic acids is 1. The molecule has 4 atom stereocenters. The first-order valence-electron chi connectivity index (χ1n) is 18.7. The molecule has 0 radical (unpaired) electrons. The molecule has 3 saturated heterocycles. The predicted octanol–water partition coefficient (Wildman–Crippen LogP) is 3.65. The van der Waals surface area contributed by atoms with Crippen LogP contribution in [0.1, 0.15) is 59.4 Å². The van der Waals surface area contributed by atoms with E-state index in [2.05, 4.69) is 14.9 Å². The number of aromatic nitrogens is 3. The third kappa shape index (κ3) is 6.17. The number of aromatic carboxylic acids is 1. The molecule has 1 aliphatic carbocycles. The van der Waals surface area contributed by atoms with Gasteiger partial charge < -0.3 is 29.2 Å². The fourth-order valence-corrected chi connectivity index (χ4v) is 9.63. The molecule has 2 aromatic carbocycles. The zero-order chi connectivity index (χ0) is 39.0. The number of amides is 1. The lowest BCUT2D eigenvalue weighted by Crippen LogP contribution is -2.51.